The van der Waals surface area contributed by atoms with Crippen LogP contribution in [0.2, 0.25) is 0 Å². The zero-order valence-corrected chi connectivity index (χ0v) is 31.0. The number of nitrogens with zero attached hydrogens (tertiary/aromatic N) is 2. The zero-order valence-electron chi connectivity index (χ0n) is 31.0. The molecule has 0 amide bonds. The molecule has 2 nitrogen and oxygen atoms in total. The second-order valence-electron chi connectivity index (χ2n) is 14.8. The van der Waals surface area contributed by atoms with Crippen molar-refractivity contribution in [3.63, 3.8) is 0 Å². The Hall–Kier alpha value is -7.60. The number of benzene rings is 7. The molecule has 2 aromatic heterocycles. The minimum absolute atomic E-state index is 0.438. The Morgan fingerprint density at radius 1 is 0.439 bits per heavy atom. The van der Waals surface area contributed by atoms with Crippen LogP contribution in [0.15, 0.2) is 218 Å². The van der Waals surface area contributed by atoms with E-state index in [1.54, 1.807) is 0 Å². The van der Waals surface area contributed by atoms with Gasteiger partial charge in [-0.2, -0.15) is 0 Å². The van der Waals surface area contributed by atoms with E-state index < -0.39 is 5.41 Å². The molecule has 2 heterocycles. The van der Waals surface area contributed by atoms with Gasteiger partial charge in [-0.05, 0) is 138 Å². The lowest BCUT2D eigenvalue weighted by Gasteiger charge is -2.34. The van der Waals surface area contributed by atoms with Gasteiger partial charge in [0.15, 0.2) is 0 Å². The fourth-order valence-corrected chi connectivity index (χ4v) is 9.04. The van der Waals surface area contributed by atoms with Gasteiger partial charge in [0.1, 0.15) is 0 Å². The van der Waals surface area contributed by atoms with Crippen LogP contribution in [0.1, 0.15) is 27.8 Å². The summed E-state index contributed by atoms with van der Waals surface area (Å²) in [4.78, 5) is 9.78. The lowest BCUT2D eigenvalue weighted by atomic mass is 9.67. The molecule has 0 N–H and O–H groups in total. The summed E-state index contributed by atoms with van der Waals surface area (Å²) in [7, 11) is 0. The molecule has 0 fully saturated rings. The zero-order chi connectivity index (χ0) is 37.8. The molecule has 264 valence electrons. The van der Waals surface area contributed by atoms with Crippen LogP contribution in [-0.4, -0.2) is 9.97 Å². The Kier molecular flexibility index (Phi) is 7.66. The minimum atomic E-state index is -0.438. The summed E-state index contributed by atoms with van der Waals surface area (Å²) >= 11 is 0. The van der Waals surface area contributed by atoms with Gasteiger partial charge in [0, 0.05) is 11.6 Å². The smallest absolute Gasteiger partial charge is 0.0900 e. The van der Waals surface area contributed by atoms with E-state index in [9.17, 15) is 0 Å². The van der Waals surface area contributed by atoms with Crippen LogP contribution in [0.3, 0.4) is 0 Å². The molecule has 0 atom stereocenters. The van der Waals surface area contributed by atoms with E-state index in [0.717, 1.165) is 44.6 Å². The fourth-order valence-electron chi connectivity index (χ4n) is 9.04. The standard InChI is InChI=1S/C55H34N2/c1-4-14-38(15-5-1)49-36-54(52-22-12-13-31-56-52)57-53-35-42(28-30-48(49)53)40-26-24-37-23-25-39(32-43(37)33-40)41-27-29-47-46-20-10-11-21-50(46)55(51(47)34-41,44-16-6-2-7-17-44)45-18-8-3-9-19-45/h2-4,6-36H. The normalized spacial score (nSPS) is 13.4. The van der Waals surface area contributed by atoms with Gasteiger partial charge < -0.3 is 0 Å². The van der Waals surface area contributed by atoms with Gasteiger partial charge in [-0.1, -0.05) is 151 Å². The molecule has 7 aromatic carbocycles. The highest BCUT2D eigenvalue weighted by Crippen LogP contribution is 2.56. The number of aromatic nitrogens is 2. The molecule has 0 spiro atoms. The van der Waals surface area contributed by atoms with Crippen LogP contribution in [-0.2, 0) is 5.41 Å². The summed E-state index contributed by atoms with van der Waals surface area (Å²) in [6.45, 7) is 0. The van der Waals surface area contributed by atoms with E-state index >= 15 is 0 Å². The fraction of sp³-hybridized carbons (Fsp3) is 0.0182. The summed E-state index contributed by atoms with van der Waals surface area (Å²) in [5, 5.41) is 3.48. The maximum atomic E-state index is 5.15. The first-order valence-electron chi connectivity index (χ1n) is 19.4. The Labute approximate surface area is 331 Å². The molecule has 0 unspecified atom stereocenters. The third-order valence-electron chi connectivity index (χ3n) is 11.7. The number of hydrogen-bond donors (Lipinski definition) is 0. The Morgan fingerprint density at radius 3 is 1.81 bits per heavy atom. The third kappa shape index (κ3) is 5.36. The van der Waals surface area contributed by atoms with E-state index in [1.165, 1.54) is 55.3 Å². The van der Waals surface area contributed by atoms with Gasteiger partial charge in [0.25, 0.3) is 0 Å². The van der Waals surface area contributed by atoms with E-state index in [1.807, 2.05) is 36.5 Å². The van der Waals surface area contributed by atoms with E-state index in [-0.39, 0.29) is 0 Å². The maximum absolute atomic E-state index is 5.15. The summed E-state index contributed by atoms with van der Waals surface area (Å²) in [6, 6.07) is 66.3. The van der Waals surface area contributed by atoms with Crippen molar-refractivity contribution in [1.82, 2.24) is 9.97 Å². The van der Waals surface area contributed by atoms with Crippen molar-refractivity contribution in [2.75, 3.05) is 0 Å². The number of rotatable bonds is 6. The van der Waals surface area contributed by atoms with Crippen LogP contribution in [0.4, 0.5) is 0 Å². The van der Waals surface area contributed by atoms with Gasteiger partial charge in [-0.3, -0.25) is 4.98 Å². The number of hydrogen-bond acceptors (Lipinski definition) is 2. The highest BCUT2D eigenvalue weighted by Gasteiger charge is 2.46. The number of pyridine rings is 2. The van der Waals surface area contributed by atoms with Crippen LogP contribution in [0, 0.1) is 0 Å². The molecule has 11 rings (SSSR count). The van der Waals surface area contributed by atoms with Gasteiger partial charge in [-0.25, -0.2) is 4.98 Å². The molecule has 9 aromatic rings. The number of allylic oxidation sites excluding steroid dienone is 4. The molecule has 0 radical (unpaired) electrons. The first-order valence-corrected chi connectivity index (χ1v) is 19.4. The molecule has 57 heavy (non-hydrogen) atoms. The number of fused-ring (bicyclic) bond motifs is 5. The molecule has 0 saturated carbocycles. The highest BCUT2D eigenvalue weighted by atomic mass is 14.8. The van der Waals surface area contributed by atoms with Gasteiger partial charge >= 0.3 is 0 Å². The van der Waals surface area contributed by atoms with E-state index in [0.29, 0.717) is 0 Å². The second kappa shape index (κ2) is 13.3. The summed E-state index contributed by atoms with van der Waals surface area (Å²) in [5.74, 6) is 0. The average molecular weight is 723 g/mol. The minimum Gasteiger partial charge on any atom is -0.255 e. The quantitative estimate of drug-likeness (QED) is 0.160. The van der Waals surface area contributed by atoms with Crippen LogP contribution in [0.25, 0.3) is 72.0 Å². The van der Waals surface area contributed by atoms with Crippen LogP contribution >= 0.6 is 0 Å². The van der Waals surface area contributed by atoms with Crippen LogP contribution < -0.4 is 0 Å². The van der Waals surface area contributed by atoms with Crippen molar-refractivity contribution in [2.45, 2.75) is 5.41 Å². The Morgan fingerprint density at radius 2 is 1.09 bits per heavy atom. The predicted octanol–water partition coefficient (Wildman–Crippen LogP) is 13.4. The predicted molar refractivity (Wildman–Crippen MR) is 235 cm³/mol. The summed E-state index contributed by atoms with van der Waals surface area (Å²) in [6.07, 6.45) is 7.78. The lowest BCUT2D eigenvalue weighted by Crippen LogP contribution is -2.28. The third-order valence-corrected chi connectivity index (χ3v) is 11.7. The van der Waals surface area contributed by atoms with E-state index in [4.69, 9.17) is 4.98 Å². The van der Waals surface area contributed by atoms with Crippen molar-refractivity contribution < 1.29 is 0 Å². The van der Waals surface area contributed by atoms with Crippen molar-refractivity contribution in [3.8, 4) is 44.8 Å². The van der Waals surface area contributed by atoms with Gasteiger partial charge in [-0.15, -0.1) is 0 Å². The molecule has 0 bridgehead atoms. The summed E-state index contributed by atoms with van der Waals surface area (Å²) in [5.41, 5.74) is 22.9. The van der Waals surface area contributed by atoms with Crippen LogP contribution in [0.5, 0.6) is 0 Å². The maximum Gasteiger partial charge on any atom is 0.0900 e. The highest BCUT2D eigenvalue weighted by molar-refractivity contribution is 5.99. The lowest BCUT2D eigenvalue weighted by molar-refractivity contribution is 0.769. The molecular weight excluding hydrogens is 689 g/mol. The molecular formula is C55H34N2. The molecule has 2 aliphatic carbocycles. The van der Waals surface area contributed by atoms with Crippen molar-refractivity contribution in [1.29, 1.82) is 0 Å². The van der Waals surface area contributed by atoms with Crippen molar-refractivity contribution in [2.24, 2.45) is 0 Å². The van der Waals surface area contributed by atoms with Gasteiger partial charge in [0.05, 0.1) is 22.3 Å². The average Bonchev–Trinajstić information content (AvgIpc) is 3.59. The molecule has 2 aliphatic rings. The second-order valence-corrected chi connectivity index (χ2v) is 14.8. The SMILES string of the molecule is C1=C=CC(c2cc(-c3ccccn3)nc3cc(-c4ccc5ccc(-c6ccc7c(c6)C(c6ccccc6)(c6ccccc6)c6ccccc6-7)cc5c4)ccc23)=CC=1. The topological polar surface area (TPSA) is 25.8 Å². The van der Waals surface area contributed by atoms with E-state index in [2.05, 4.69) is 186 Å². The molecule has 0 aliphatic heterocycles. The van der Waals surface area contributed by atoms with Crippen molar-refractivity contribution in [3.05, 3.63) is 246 Å². The largest absolute Gasteiger partial charge is 0.255 e. The molecule has 2 heteroatoms. The monoisotopic (exact) mass is 722 g/mol. The van der Waals surface area contributed by atoms with Crippen molar-refractivity contribution >= 4 is 27.2 Å². The molecule has 0 saturated heterocycles. The first kappa shape index (κ1) is 32.8. The first-order chi connectivity index (χ1) is 28.2. The van der Waals surface area contributed by atoms with Gasteiger partial charge in [0.2, 0.25) is 0 Å². The summed E-state index contributed by atoms with van der Waals surface area (Å²) < 4.78 is 0. The Balaban J connectivity index is 1.04. The Bertz CT molecular complexity index is 3140.